The highest BCUT2D eigenvalue weighted by Crippen LogP contribution is 2.24. The van der Waals surface area contributed by atoms with Crippen LogP contribution in [0.3, 0.4) is 0 Å². The summed E-state index contributed by atoms with van der Waals surface area (Å²) in [6, 6.07) is 4.29. The van der Waals surface area contributed by atoms with Crippen molar-refractivity contribution in [2.24, 2.45) is 5.92 Å². The Kier molecular flexibility index (Phi) is 5.14. The molecule has 1 aromatic rings. The van der Waals surface area contributed by atoms with Crippen molar-refractivity contribution in [2.75, 3.05) is 26.2 Å². The largest absolute Gasteiger partial charge is 0.340 e. The first-order chi connectivity index (χ1) is 10.2. The fourth-order valence-corrected chi connectivity index (χ4v) is 4.59. The zero-order chi connectivity index (χ0) is 14.7. The van der Waals surface area contributed by atoms with Crippen molar-refractivity contribution in [1.29, 1.82) is 0 Å². The minimum absolute atomic E-state index is 0.231. The van der Waals surface area contributed by atoms with E-state index in [1.165, 1.54) is 8.66 Å². The number of nitrogens with zero attached hydrogens (tertiary/aromatic N) is 2. The van der Waals surface area contributed by atoms with Gasteiger partial charge in [0.15, 0.2) is 0 Å². The third kappa shape index (κ3) is 3.96. The Bertz CT molecular complexity index is 520. The van der Waals surface area contributed by atoms with Gasteiger partial charge in [-0.1, -0.05) is 12.2 Å². The van der Waals surface area contributed by atoms with Gasteiger partial charge >= 0.3 is 0 Å². The highest BCUT2D eigenvalue weighted by Gasteiger charge is 2.27. The van der Waals surface area contributed by atoms with Crippen LogP contribution in [-0.4, -0.2) is 41.9 Å². The van der Waals surface area contributed by atoms with E-state index in [1.807, 2.05) is 0 Å². The van der Waals surface area contributed by atoms with Gasteiger partial charge in [0.1, 0.15) is 0 Å². The SMILES string of the molecule is O=C(C1CC=CCC1)N1CCN(Cc2ccc(Br)s2)CC1. The molecule has 1 aliphatic heterocycles. The van der Waals surface area contributed by atoms with Gasteiger partial charge in [0.25, 0.3) is 0 Å². The second-order valence-electron chi connectivity index (χ2n) is 5.79. The number of carbonyl (C=O) groups excluding carboxylic acids is 1. The number of hydrogen-bond donors (Lipinski definition) is 0. The summed E-state index contributed by atoms with van der Waals surface area (Å²) in [6.07, 6.45) is 7.38. The smallest absolute Gasteiger partial charge is 0.226 e. The molecule has 1 saturated heterocycles. The monoisotopic (exact) mass is 368 g/mol. The number of piperazine rings is 1. The molecular formula is C16H21BrN2OS. The van der Waals surface area contributed by atoms with Gasteiger partial charge in [-0.2, -0.15) is 0 Å². The second-order valence-corrected chi connectivity index (χ2v) is 8.34. The fraction of sp³-hybridized carbons (Fsp3) is 0.562. The van der Waals surface area contributed by atoms with Crippen molar-refractivity contribution in [2.45, 2.75) is 25.8 Å². The predicted octanol–water partition coefficient (Wildman–Crippen LogP) is 3.51. The van der Waals surface area contributed by atoms with Crippen LogP contribution in [0.2, 0.25) is 0 Å². The standard InChI is InChI=1S/C16H21BrN2OS/c17-15-7-6-14(21-15)12-18-8-10-19(11-9-18)16(20)13-4-2-1-3-5-13/h1-2,6-7,13H,3-5,8-12H2. The van der Waals surface area contributed by atoms with E-state index in [0.29, 0.717) is 5.91 Å². The maximum Gasteiger partial charge on any atom is 0.226 e. The van der Waals surface area contributed by atoms with Crippen LogP contribution in [0.4, 0.5) is 0 Å². The summed E-state index contributed by atoms with van der Waals surface area (Å²) < 4.78 is 1.19. The number of hydrogen-bond acceptors (Lipinski definition) is 3. The number of allylic oxidation sites excluding steroid dienone is 2. The maximum atomic E-state index is 12.5. The molecule has 0 N–H and O–H groups in total. The Labute approximate surface area is 138 Å². The van der Waals surface area contributed by atoms with E-state index < -0.39 is 0 Å². The number of thiophene rings is 1. The molecule has 1 aliphatic carbocycles. The zero-order valence-corrected chi connectivity index (χ0v) is 14.5. The Morgan fingerprint density at radius 1 is 1.24 bits per heavy atom. The molecule has 1 fully saturated rings. The van der Waals surface area contributed by atoms with E-state index in [4.69, 9.17) is 0 Å². The first-order valence-corrected chi connectivity index (χ1v) is 9.23. The first-order valence-electron chi connectivity index (χ1n) is 7.63. The van der Waals surface area contributed by atoms with Crippen molar-refractivity contribution in [3.05, 3.63) is 32.9 Å². The molecule has 3 nitrogen and oxygen atoms in total. The third-order valence-electron chi connectivity index (χ3n) is 4.31. The van der Waals surface area contributed by atoms with Crippen LogP contribution >= 0.6 is 27.3 Å². The Morgan fingerprint density at radius 2 is 2.05 bits per heavy atom. The number of amides is 1. The first kappa shape index (κ1) is 15.3. The lowest BCUT2D eigenvalue weighted by atomic mass is 9.93. The lowest BCUT2D eigenvalue weighted by Crippen LogP contribution is -2.50. The molecular weight excluding hydrogens is 348 g/mol. The molecule has 3 rings (SSSR count). The summed E-state index contributed by atoms with van der Waals surface area (Å²) in [5.74, 6) is 0.604. The van der Waals surface area contributed by atoms with E-state index in [0.717, 1.165) is 52.0 Å². The van der Waals surface area contributed by atoms with Crippen molar-refractivity contribution < 1.29 is 4.79 Å². The van der Waals surface area contributed by atoms with Gasteiger partial charge in [-0.05, 0) is 47.3 Å². The number of rotatable bonds is 3. The van der Waals surface area contributed by atoms with Crippen LogP contribution in [0.5, 0.6) is 0 Å². The molecule has 114 valence electrons. The Morgan fingerprint density at radius 3 is 2.67 bits per heavy atom. The quantitative estimate of drug-likeness (QED) is 0.762. The van der Waals surface area contributed by atoms with Crippen LogP contribution in [0.15, 0.2) is 28.1 Å². The maximum absolute atomic E-state index is 12.5. The van der Waals surface area contributed by atoms with Crippen molar-refractivity contribution in [1.82, 2.24) is 9.80 Å². The molecule has 0 spiro atoms. The summed E-state index contributed by atoms with van der Waals surface area (Å²) in [7, 11) is 0. The molecule has 0 radical (unpaired) electrons. The normalized spacial score (nSPS) is 23.5. The fourth-order valence-electron chi connectivity index (χ4n) is 3.06. The molecule has 0 aromatic carbocycles. The average molecular weight is 369 g/mol. The average Bonchev–Trinajstić information content (AvgIpc) is 2.93. The summed E-state index contributed by atoms with van der Waals surface area (Å²) in [5, 5.41) is 0. The molecule has 1 atom stereocenters. The van der Waals surface area contributed by atoms with Gasteiger partial charge in [-0.3, -0.25) is 9.69 Å². The van der Waals surface area contributed by atoms with Gasteiger partial charge < -0.3 is 4.90 Å². The Balaban J connectivity index is 1.48. The Hall–Kier alpha value is -0.650. The molecule has 2 aliphatic rings. The van der Waals surface area contributed by atoms with Gasteiger partial charge in [-0.15, -0.1) is 11.3 Å². The molecule has 5 heteroatoms. The lowest BCUT2D eigenvalue weighted by Gasteiger charge is -2.36. The molecule has 21 heavy (non-hydrogen) atoms. The molecule has 0 bridgehead atoms. The summed E-state index contributed by atoms with van der Waals surface area (Å²) in [5.41, 5.74) is 0. The number of halogens is 1. The van der Waals surface area contributed by atoms with E-state index in [2.05, 4.69) is 50.0 Å². The van der Waals surface area contributed by atoms with Gasteiger partial charge in [0, 0.05) is 43.5 Å². The minimum atomic E-state index is 0.231. The summed E-state index contributed by atoms with van der Waals surface area (Å²) in [4.78, 5) is 18.4. The van der Waals surface area contributed by atoms with E-state index in [1.54, 1.807) is 11.3 Å². The van der Waals surface area contributed by atoms with Crippen LogP contribution in [0.25, 0.3) is 0 Å². The third-order valence-corrected chi connectivity index (χ3v) is 5.92. The van der Waals surface area contributed by atoms with Crippen molar-refractivity contribution in [3.63, 3.8) is 0 Å². The molecule has 1 aromatic heterocycles. The van der Waals surface area contributed by atoms with E-state index >= 15 is 0 Å². The lowest BCUT2D eigenvalue weighted by molar-refractivity contribution is -0.137. The van der Waals surface area contributed by atoms with Crippen molar-refractivity contribution >= 4 is 33.2 Å². The van der Waals surface area contributed by atoms with Gasteiger partial charge in [0.2, 0.25) is 5.91 Å². The van der Waals surface area contributed by atoms with Gasteiger partial charge in [0.05, 0.1) is 3.79 Å². The molecule has 2 heterocycles. The zero-order valence-electron chi connectivity index (χ0n) is 12.1. The predicted molar refractivity (Wildman–Crippen MR) is 90.4 cm³/mol. The minimum Gasteiger partial charge on any atom is -0.340 e. The van der Waals surface area contributed by atoms with E-state index in [-0.39, 0.29) is 5.92 Å². The van der Waals surface area contributed by atoms with Gasteiger partial charge in [-0.25, -0.2) is 0 Å². The highest BCUT2D eigenvalue weighted by atomic mass is 79.9. The topological polar surface area (TPSA) is 23.6 Å². The summed E-state index contributed by atoms with van der Waals surface area (Å²) in [6.45, 7) is 4.75. The van der Waals surface area contributed by atoms with Crippen molar-refractivity contribution in [3.8, 4) is 0 Å². The molecule has 1 unspecified atom stereocenters. The van der Waals surface area contributed by atoms with Crippen LogP contribution in [0, 0.1) is 5.92 Å². The molecule has 1 amide bonds. The molecule has 0 saturated carbocycles. The summed E-state index contributed by atoms with van der Waals surface area (Å²) >= 11 is 5.31. The van der Waals surface area contributed by atoms with Crippen LogP contribution < -0.4 is 0 Å². The van der Waals surface area contributed by atoms with Crippen LogP contribution in [0.1, 0.15) is 24.1 Å². The second kappa shape index (κ2) is 7.07. The number of carbonyl (C=O) groups is 1. The highest BCUT2D eigenvalue weighted by molar-refractivity contribution is 9.11. The van der Waals surface area contributed by atoms with E-state index in [9.17, 15) is 4.79 Å². The van der Waals surface area contributed by atoms with Crippen LogP contribution in [-0.2, 0) is 11.3 Å².